The number of hydrogen-bond acceptors (Lipinski definition) is 5. The van der Waals surface area contributed by atoms with Gasteiger partial charge in [-0.25, -0.2) is 9.98 Å². The number of benzene rings is 9. The summed E-state index contributed by atoms with van der Waals surface area (Å²) in [5.41, 5.74) is 11.5. The third kappa shape index (κ3) is 5.15. The van der Waals surface area contributed by atoms with E-state index < -0.39 is 6.17 Å². The van der Waals surface area contributed by atoms with Crippen LogP contribution in [0.4, 0.5) is 0 Å². The molecule has 0 saturated carbocycles. The molecule has 1 unspecified atom stereocenters. The summed E-state index contributed by atoms with van der Waals surface area (Å²) in [6.45, 7) is 0. The zero-order valence-electron chi connectivity index (χ0n) is 32.7. The monoisotopic (exact) mass is 782 g/mol. The van der Waals surface area contributed by atoms with Crippen molar-refractivity contribution in [3.63, 3.8) is 0 Å². The van der Waals surface area contributed by atoms with Gasteiger partial charge >= 0.3 is 0 Å². The van der Waals surface area contributed by atoms with Gasteiger partial charge in [0.25, 0.3) is 0 Å². The molecule has 12 aromatic rings. The summed E-state index contributed by atoms with van der Waals surface area (Å²) in [6.07, 6.45) is -0.612. The van der Waals surface area contributed by atoms with E-state index in [1.54, 1.807) is 0 Å². The van der Waals surface area contributed by atoms with Gasteiger partial charge in [-0.05, 0) is 58.3 Å². The van der Waals surface area contributed by atoms with Crippen LogP contribution in [0.15, 0.2) is 213 Å². The normalized spacial score (nSPS) is 14.4. The first-order valence-corrected chi connectivity index (χ1v) is 20.6. The lowest BCUT2D eigenvalue weighted by molar-refractivity contribution is 0.664. The number of nitrogens with one attached hydrogen (secondary N) is 1. The summed E-state index contributed by atoms with van der Waals surface area (Å²) in [5, 5.41) is 12.6. The van der Waals surface area contributed by atoms with Crippen LogP contribution in [0.2, 0.25) is 0 Å². The van der Waals surface area contributed by atoms with Gasteiger partial charge in [-0.3, -0.25) is 0 Å². The minimum atomic E-state index is -0.612. The van der Waals surface area contributed by atoms with Gasteiger partial charge in [0.1, 0.15) is 28.4 Å². The molecule has 1 N–H and O–H groups in total. The Hall–Kier alpha value is -8.22. The number of para-hydroxylation sites is 4. The summed E-state index contributed by atoms with van der Waals surface area (Å²) in [6, 6.07) is 67.8. The smallest absolute Gasteiger partial charge is 0.170 e. The molecule has 6 nitrogen and oxygen atoms in total. The van der Waals surface area contributed by atoms with E-state index in [0.717, 1.165) is 94.3 Å². The molecule has 1 aliphatic rings. The molecule has 4 heterocycles. The molecular formula is C55H34N4O2. The quantitative estimate of drug-likeness (QED) is 0.189. The maximum absolute atomic E-state index is 6.95. The molecule has 0 radical (unpaired) electrons. The highest BCUT2D eigenvalue weighted by atomic mass is 16.3. The summed E-state index contributed by atoms with van der Waals surface area (Å²) < 4.78 is 15.9. The Morgan fingerprint density at radius 1 is 0.410 bits per heavy atom. The Balaban J connectivity index is 1.05. The lowest BCUT2D eigenvalue weighted by Crippen LogP contribution is -2.36. The van der Waals surface area contributed by atoms with Crippen LogP contribution in [-0.2, 0) is 0 Å². The van der Waals surface area contributed by atoms with Crippen LogP contribution in [0.1, 0.15) is 22.9 Å². The third-order valence-corrected chi connectivity index (χ3v) is 12.3. The molecule has 9 aromatic carbocycles. The second kappa shape index (κ2) is 13.1. The highest BCUT2D eigenvalue weighted by molar-refractivity contribution is 6.23. The van der Waals surface area contributed by atoms with Gasteiger partial charge < -0.3 is 18.7 Å². The molecule has 0 amide bonds. The highest BCUT2D eigenvalue weighted by Crippen LogP contribution is 2.44. The van der Waals surface area contributed by atoms with Crippen molar-refractivity contribution in [2.24, 2.45) is 9.98 Å². The van der Waals surface area contributed by atoms with Gasteiger partial charge in [-0.2, -0.15) is 0 Å². The van der Waals surface area contributed by atoms with Crippen molar-refractivity contribution < 1.29 is 8.83 Å². The number of hydrogen-bond donors (Lipinski definition) is 1. The first-order valence-electron chi connectivity index (χ1n) is 20.6. The zero-order chi connectivity index (χ0) is 40.0. The van der Waals surface area contributed by atoms with Crippen molar-refractivity contribution in [1.29, 1.82) is 0 Å². The molecule has 1 atom stereocenters. The van der Waals surface area contributed by atoms with Crippen molar-refractivity contribution in [2.45, 2.75) is 6.17 Å². The highest BCUT2D eigenvalue weighted by Gasteiger charge is 2.28. The number of amidine groups is 2. The van der Waals surface area contributed by atoms with E-state index in [2.05, 4.69) is 168 Å². The molecule has 3 aromatic heterocycles. The standard InChI is InChI=1S/C55H34N4O2/c1-2-13-33(14-3-1)34-25-27-36(28-26-34)53-56-54(58-55(57-53)43-21-12-20-39-38-17-7-10-23-47(38)60-51(39)43)42-30-32-46(52-50(42)41-19-8-11-24-48(41)61-52)59-44-22-9-6-18-40(44)49-37-16-5-4-15-35(37)29-31-45(49)59/h1-32,54H,(H,56,57,58). The molecule has 13 rings (SSSR count). The third-order valence-electron chi connectivity index (χ3n) is 12.3. The molecule has 0 spiro atoms. The van der Waals surface area contributed by atoms with E-state index in [4.69, 9.17) is 18.8 Å². The molecule has 61 heavy (non-hydrogen) atoms. The molecular weight excluding hydrogens is 749 g/mol. The van der Waals surface area contributed by atoms with Crippen molar-refractivity contribution in [1.82, 2.24) is 9.88 Å². The topological polar surface area (TPSA) is 68.0 Å². The van der Waals surface area contributed by atoms with Gasteiger partial charge in [0, 0.05) is 43.4 Å². The van der Waals surface area contributed by atoms with Crippen molar-refractivity contribution in [3.05, 3.63) is 211 Å². The second-order valence-corrected chi connectivity index (χ2v) is 15.7. The minimum Gasteiger partial charge on any atom is -0.455 e. The first-order chi connectivity index (χ1) is 30.2. The summed E-state index contributed by atoms with van der Waals surface area (Å²) >= 11 is 0. The fraction of sp³-hybridized carbons (Fsp3) is 0.0182. The number of nitrogens with zero attached hydrogens (tertiary/aromatic N) is 3. The van der Waals surface area contributed by atoms with Gasteiger partial charge in [0.05, 0.1) is 22.3 Å². The van der Waals surface area contributed by atoms with Gasteiger partial charge in [0.2, 0.25) is 0 Å². The minimum absolute atomic E-state index is 0.612. The predicted octanol–water partition coefficient (Wildman–Crippen LogP) is 13.9. The van der Waals surface area contributed by atoms with Crippen LogP contribution in [0.5, 0.6) is 0 Å². The lowest BCUT2D eigenvalue weighted by Gasteiger charge is -2.23. The van der Waals surface area contributed by atoms with Gasteiger partial charge in [0.15, 0.2) is 11.7 Å². The second-order valence-electron chi connectivity index (χ2n) is 15.7. The maximum Gasteiger partial charge on any atom is 0.170 e. The Morgan fingerprint density at radius 2 is 1.05 bits per heavy atom. The van der Waals surface area contributed by atoms with Crippen LogP contribution in [0.3, 0.4) is 0 Å². The number of aliphatic imine (C=N–C) groups is 2. The van der Waals surface area contributed by atoms with E-state index in [9.17, 15) is 0 Å². The maximum atomic E-state index is 6.95. The van der Waals surface area contributed by atoms with Gasteiger partial charge in [-0.15, -0.1) is 0 Å². The van der Waals surface area contributed by atoms with Crippen molar-refractivity contribution in [3.8, 4) is 16.8 Å². The molecule has 286 valence electrons. The zero-order valence-corrected chi connectivity index (χ0v) is 32.7. The Kier molecular flexibility index (Phi) is 7.27. The summed E-state index contributed by atoms with van der Waals surface area (Å²) in [4.78, 5) is 10.9. The Morgan fingerprint density at radius 3 is 1.90 bits per heavy atom. The number of rotatable bonds is 5. The average molecular weight is 783 g/mol. The first kappa shape index (κ1) is 33.7. The molecule has 0 fully saturated rings. The summed E-state index contributed by atoms with van der Waals surface area (Å²) in [7, 11) is 0. The van der Waals surface area contributed by atoms with E-state index >= 15 is 0 Å². The average Bonchev–Trinajstić information content (AvgIpc) is 4.02. The van der Waals surface area contributed by atoms with Crippen LogP contribution < -0.4 is 5.32 Å². The van der Waals surface area contributed by atoms with Crippen LogP contribution in [-0.4, -0.2) is 16.2 Å². The van der Waals surface area contributed by atoms with Crippen LogP contribution in [0, 0.1) is 0 Å². The fourth-order valence-corrected chi connectivity index (χ4v) is 9.49. The summed E-state index contributed by atoms with van der Waals surface area (Å²) in [5.74, 6) is 1.41. The van der Waals surface area contributed by atoms with Gasteiger partial charge in [-0.1, -0.05) is 158 Å². The lowest BCUT2D eigenvalue weighted by atomic mass is 10.0. The Bertz CT molecular complexity index is 3790. The largest absolute Gasteiger partial charge is 0.455 e. The van der Waals surface area contributed by atoms with E-state index in [1.165, 1.54) is 21.5 Å². The number of aromatic nitrogens is 1. The van der Waals surface area contributed by atoms with Crippen molar-refractivity contribution >= 4 is 88.1 Å². The number of fused-ring (bicyclic) bond motifs is 11. The number of furan rings is 2. The molecule has 0 saturated heterocycles. The SMILES string of the molecule is c1ccc(-c2ccc(C3=NC(c4ccc(-n5c6ccccc6c6c7ccccc7ccc65)c5oc6ccccc6c45)N=C(c4cccc5c4oc4ccccc45)N3)cc2)cc1. The fourth-order valence-electron chi connectivity index (χ4n) is 9.49. The van der Waals surface area contributed by atoms with Crippen molar-refractivity contribution in [2.75, 3.05) is 0 Å². The van der Waals surface area contributed by atoms with E-state index in [-0.39, 0.29) is 0 Å². The van der Waals surface area contributed by atoms with Crippen LogP contribution >= 0.6 is 0 Å². The molecule has 6 heteroatoms. The van der Waals surface area contributed by atoms with E-state index in [0.29, 0.717) is 5.84 Å². The van der Waals surface area contributed by atoms with Crippen LogP contribution in [0.25, 0.3) is 93.3 Å². The predicted molar refractivity (Wildman–Crippen MR) is 250 cm³/mol. The molecule has 1 aliphatic heterocycles. The molecule has 0 bridgehead atoms. The van der Waals surface area contributed by atoms with E-state index in [1.807, 2.05) is 36.4 Å². The molecule has 0 aliphatic carbocycles. The Labute approximate surface area is 349 Å².